The number of likely N-dealkylation sites (tertiary alicyclic amines) is 1. The summed E-state index contributed by atoms with van der Waals surface area (Å²) < 4.78 is 4.97. The Hall–Kier alpha value is -2.70. The fourth-order valence-electron chi connectivity index (χ4n) is 2.36. The van der Waals surface area contributed by atoms with E-state index in [0.29, 0.717) is 17.1 Å². The summed E-state index contributed by atoms with van der Waals surface area (Å²) in [4.78, 5) is 12.6. The van der Waals surface area contributed by atoms with Gasteiger partial charge in [0.2, 0.25) is 0 Å². The summed E-state index contributed by atoms with van der Waals surface area (Å²) in [6.07, 6.45) is 5.67. The number of ether oxygens (including phenoxy) is 1. The van der Waals surface area contributed by atoms with Crippen molar-refractivity contribution in [3.63, 3.8) is 0 Å². The van der Waals surface area contributed by atoms with E-state index in [2.05, 4.69) is 4.90 Å². The maximum atomic E-state index is 11.0. The van der Waals surface area contributed by atoms with Crippen molar-refractivity contribution in [2.75, 3.05) is 20.2 Å². The van der Waals surface area contributed by atoms with E-state index in [1.165, 1.54) is 19.2 Å². The van der Waals surface area contributed by atoms with Gasteiger partial charge in [0, 0.05) is 30.4 Å². The molecule has 1 saturated heterocycles. The number of benzene rings is 1. The predicted molar refractivity (Wildman–Crippen MR) is 84.9 cm³/mol. The van der Waals surface area contributed by atoms with E-state index >= 15 is 0 Å². The van der Waals surface area contributed by atoms with Crippen molar-refractivity contribution < 1.29 is 9.66 Å². The Balaban J connectivity index is 2.23. The van der Waals surface area contributed by atoms with Crippen LogP contribution in [0.25, 0.3) is 5.70 Å². The van der Waals surface area contributed by atoms with Crippen LogP contribution in [0.4, 0.5) is 5.69 Å². The number of nitro benzene ring substituents is 1. The molecule has 118 valence electrons. The topological polar surface area (TPSA) is 108 Å². The molecule has 7 nitrogen and oxygen atoms in total. The molecule has 1 aromatic carbocycles. The van der Waals surface area contributed by atoms with E-state index in [0.717, 1.165) is 25.9 Å². The molecule has 1 aromatic rings. The Bertz CT molecular complexity index is 619. The number of nitrogens with zero attached hydrogens (tertiary/aromatic N) is 2. The normalized spacial score (nSPS) is 16.0. The molecule has 0 spiro atoms. The first-order valence-corrected chi connectivity index (χ1v) is 7.03. The average Bonchev–Trinajstić information content (AvgIpc) is 3.06. The summed E-state index contributed by atoms with van der Waals surface area (Å²) in [6.45, 7) is 1.90. The van der Waals surface area contributed by atoms with Gasteiger partial charge in [-0.3, -0.25) is 10.1 Å². The van der Waals surface area contributed by atoms with Crippen LogP contribution in [0.1, 0.15) is 18.4 Å². The molecular weight excluding hydrogens is 284 g/mol. The van der Waals surface area contributed by atoms with E-state index in [1.54, 1.807) is 18.2 Å². The minimum Gasteiger partial charge on any atom is -0.490 e. The summed E-state index contributed by atoms with van der Waals surface area (Å²) in [5, 5.41) is 11.0. The van der Waals surface area contributed by atoms with Crippen molar-refractivity contribution in [2.24, 2.45) is 11.5 Å². The molecular formula is C15H20N4O3. The summed E-state index contributed by atoms with van der Waals surface area (Å²) in [7, 11) is 1.39. The first-order chi connectivity index (χ1) is 10.5. The summed E-state index contributed by atoms with van der Waals surface area (Å²) in [5.41, 5.74) is 12.8. The lowest BCUT2D eigenvalue weighted by atomic mass is 10.1. The number of allylic oxidation sites excluding steroid dienone is 2. The predicted octanol–water partition coefficient (Wildman–Crippen LogP) is 1.80. The zero-order chi connectivity index (χ0) is 16.1. The molecule has 0 radical (unpaired) electrons. The molecule has 1 heterocycles. The largest absolute Gasteiger partial charge is 0.490 e. The zero-order valence-electron chi connectivity index (χ0n) is 12.5. The fourth-order valence-corrected chi connectivity index (χ4v) is 2.36. The second kappa shape index (κ2) is 6.84. The lowest BCUT2D eigenvalue weighted by Gasteiger charge is -2.16. The number of rotatable bonds is 5. The maximum Gasteiger partial charge on any atom is 0.311 e. The molecule has 0 aliphatic carbocycles. The monoisotopic (exact) mass is 304 g/mol. The number of hydrogen-bond acceptors (Lipinski definition) is 6. The maximum absolute atomic E-state index is 11.0. The molecule has 0 amide bonds. The van der Waals surface area contributed by atoms with E-state index < -0.39 is 4.92 Å². The third-order valence-electron chi connectivity index (χ3n) is 3.61. The Labute approximate surface area is 129 Å². The van der Waals surface area contributed by atoms with Gasteiger partial charge in [-0.25, -0.2) is 0 Å². The van der Waals surface area contributed by atoms with Gasteiger partial charge in [0.25, 0.3) is 0 Å². The van der Waals surface area contributed by atoms with Gasteiger partial charge in [0.05, 0.1) is 17.9 Å². The van der Waals surface area contributed by atoms with Crippen LogP contribution in [0.5, 0.6) is 5.75 Å². The summed E-state index contributed by atoms with van der Waals surface area (Å²) in [6, 6.07) is 4.60. The van der Waals surface area contributed by atoms with Gasteiger partial charge in [-0.1, -0.05) is 0 Å². The molecule has 0 saturated carbocycles. The first-order valence-electron chi connectivity index (χ1n) is 7.03. The molecule has 1 fully saturated rings. The molecule has 0 aromatic heterocycles. The number of nitro groups is 1. The van der Waals surface area contributed by atoms with Crippen LogP contribution in [0.2, 0.25) is 0 Å². The van der Waals surface area contributed by atoms with Crippen molar-refractivity contribution >= 4 is 11.4 Å². The Morgan fingerprint density at radius 1 is 1.32 bits per heavy atom. The van der Waals surface area contributed by atoms with Gasteiger partial charge >= 0.3 is 5.69 Å². The summed E-state index contributed by atoms with van der Waals surface area (Å²) in [5.74, 6) is 0.858. The summed E-state index contributed by atoms with van der Waals surface area (Å²) >= 11 is 0. The minimum absolute atomic E-state index is 0.118. The quantitative estimate of drug-likeness (QED) is 0.488. The second-order valence-electron chi connectivity index (χ2n) is 5.05. The second-order valence-corrected chi connectivity index (χ2v) is 5.05. The highest BCUT2D eigenvalue weighted by molar-refractivity contribution is 5.68. The molecule has 0 atom stereocenters. The minimum atomic E-state index is -0.496. The zero-order valence-corrected chi connectivity index (χ0v) is 12.5. The van der Waals surface area contributed by atoms with E-state index in [9.17, 15) is 10.1 Å². The van der Waals surface area contributed by atoms with Crippen LogP contribution >= 0.6 is 0 Å². The molecule has 22 heavy (non-hydrogen) atoms. The van der Waals surface area contributed by atoms with Crippen LogP contribution < -0.4 is 16.2 Å². The Kier molecular flexibility index (Phi) is 4.88. The van der Waals surface area contributed by atoms with Crippen LogP contribution in [-0.2, 0) is 0 Å². The average molecular weight is 304 g/mol. The smallest absolute Gasteiger partial charge is 0.311 e. The van der Waals surface area contributed by atoms with Crippen LogP contribution in [0, 0.1) is 10.1 Å². The van der Waals surface area contributed by atoms with Crippen LogP contribution in [-0.4, -0.2) is 30.0 Å². The Morgan fingerprint density at radius 3 is 2.59 bits per heavy atom. The molecule has 2 rings (SSSR count). The molecule has 7 heteroatoms. The van der Waals surface area contributed by atoms with Gasteiger partial charge in [-0.2, -0.15) is 0 Å². The third kappa shape index (κ3) is 3.49. The van der Waals surface area contributed by atoms with Crippen LogP contribution in [0.15, 0.2) is 36.2 Å². The number of hydrogen-bond donors (Lipinski definition) is 2. The van der Waals surface area contributed by atoms with Crippen molar-refractivity contribution in [1.29, 1.82) is 0 Å². The number of nitrogens with two attached hydrogens (primary N) is 2. The molecule has 0 bridgehead atoms. The van der Waals surface area contributed by atoms with E-state index in [4.69, 9.17) is 16.2 Å². The first kappa shape index (κ1) is 15.7. The van der Waals surface area contributed by atoms with Crippen molar-refractivity contribution in [1.82, 2.24) is 4.90 Å². The highest BCUT2D eigenvalue weighted by Gasteiger charge is 2.16. The van der Waals surface area contributed by atoms with Crippen molar-refractivity contribution in [2.45, 2.75) is 12.8 Å². The molecule has 4 N–H and O–H groups in total. The van der Waals surface area contributed by atoms with Crippen LogP contribution in [0.3, 0.4) is 0 Å². The lowest BCUT2D eigenvalue weighted by molar-refractivity contribution is -0.385. The molecule has 0 unspecified atom stereocenters. The van der Waals surface area contributed by atoms with Gasteiger partial charge in [0.15, 0.2) is 5.75 Å². The Morgan fingerprint density at radius 2 is 2.00 bits per heavy atom. The highest BCUT2D eigenvalue weighted by Crippen LogP contribution is 2.29. The van der Waals surface area contributed by atoms with Gasteiger partial charge in [0.1, 0.15) is 0 Å². The van der Waals surface area contributed by atoms with Gasteiger partial charge in [-0.05, 0) is 37.1 Å². The molecule has 1 aliphatic rings. The van der Waals surface area contributed by atoms with Crippen molar-refractivity contribution in [3.05, 3.63) is 51.8 Å². The van der Waals surface area contributed by atoms with E-state index in [-0.39, 0.29) is 11.4 Å². The van der Waals surface area contributed by atoms with Gasteiger partial charge in [-0.15, -0.1) is 0 Å². The van der Waals surface area contributed by atoms with Gasteiger partial charge < -0.3 is 21.1 Å². The van der Waals surface area contributed by atoms with E-state index in [1.807, 2.05) is 0 Å². The highest BCUT2D eigenvalue weighted by atomic mass is 16.6. The fraction of sp³-hybridized carbons (Fsp3) is 0.333. The third-order valence-corrected chi connectivity index (χ3v) is 3.61. The standard InChI is InChI=1S/C15H20N4O3/c1-22-14-6-4-11(10-13(14)19(20)21)12(16)5-7-15(17)18-8-2-3-9-18/h4-7,10H,2-3,8-9,16-17H2,1H3/b12-5-,15-7+. The SMILES string of the molecule is COc1ccc(/C(N)=C/C=C(\N)N2CCCC2)cc1[N+](=O)[O-]. The lowest BCUT2D eigenvalue weighted by Crippen LogP contribution is -2.24. The molecule has 1 aliphatic heterocycles. The number of methoxy groups -OCH3 is 1. The van der Waals surface area contributed by atoms with Crippen molar-refractivity contribution in [3.8, 4) is 5.75 Å².